The Kier molecular flexibility index (Phi) is 3.09. The Labute approximate surface area is 195 Å². The lowest BCUT2D eigenvalue weighted by Crippen LogP contribution is -2.80. The van der Waals surface area contributed by atoms with Crippen LogP contribution in [0, 0.1) is 22.2 Å². The van der Waals surface area contributed by atoms with Crippen LogP contribution in [0.5, 0.6) is 11.5 Å². The third-order valence-corrected chi connectivity index (χ3v) is 11.5. The number of likely N-dealkylation sites (tertiary alicyclic amines) is 1. The highest BCUT2D eigenvalue weighted by molar-refractivity contribution is 5.66. The third kappa shape index (κ3) is 1.79. The molecule has 33 heavy (non-hydrogen) atoms. The summed E-state index contributed by atoms with van der Waals surface area (Å²) in [4.78, 5) is 2.74. The van der Waals surface area contributed by atoms with Crippen molar-refractivity contribution >= 4 is 0 Å². The first kappa shape index (κ1) is 19.7. The van der Waals surface area contributed by atoms with Crippen LogP contribution in [-0.4, -0.2) is 56.7 Å². The zero-order valence-corrected chi connectivity index (χ0v) is 19.9. The SMILES string of the molecule is CC(C)(C)[C@]1(O)C[C@@]12C[C@@]13C=C[C@]2(O)[C@@H]2Oc4c(O)ccc5c4[C@@]21CCN(CC1CC1)[C@@H]3C5. The van der Waals surface area contributed by atoms with Crippen LogP contribution in [0.3, 0.4) is 0 Å². The summed E-state index contributed by atoms with van der Waals surface area (Å²) < 4.78 is 6.67. The minimum Gasteiger partial charge on any atom is -0.504 e. The molecule has 0 unspecified atom stereocenters. The van der Waals surface area contributed by atoms with Crippen molar-refractivity contribution in [2.45, 2.75) is 88.1 Å². The number of phenolic OH excluding ortho intramolecular Hbond substituents is 1. The average molecular weight is 450 g/mol. The van der Waals surface area contributed by atoms with Gasteiger partial charge in [0.15, 0.2) is 11.5 Å². The Morgan fingerprint density at radius 3 is 2.61 bits per heavy atom. The Hall–Kier alpha value is -1.56. The van der Waals surface area contributed by atoms with Crippen molar-refractivity contribution < 1.29 is 20.1 Å². The molecule has 8 aliphatic rings. The zero-order valence-electron chi connectivity index (χ0n) is 19.9. The Balaban J connectivity index is 1.39. The predicted molar refractivity (Wildman–Crippen MR) is 123 cm³/mol. The lowest BCUT2D eigenvalue weighted by molar-refractivity contribution is -0.235. The van der Waals surface area contributed by atoms with Gasteiger partial charge >= 0.3 is 0 Å². The summed E-state index contributed by atoms with van der Waals surface area (Å²) in [6, 6.07) is 4.21. The number of aromatic hydroxyl groups is 1. The Bertz CT molecular complexity index is 1150. The summed E-state index contributed by atoms with van der Waals surface area (Å²) >= 11 is 0. The van der Waals surface area contributed by atoms with Crippen LogP contribution < -0.4 is 4.74 Å². The molecule has 7 atom stereocenters. The minimum absolute atomic E-state index is 0.186. The summed E-state index contributed by atoms with van der Waals surface area (Å²) in [5.41, 5.74) is -1.24. The van der Waals surface area contributed by atoms with Crippen molar-refractivity contribution in [2.24, 2.45) is 22.2 Å². The second kappa shape index (κ2) is 5.17. The molecule has 4 fully saturated rings. The zero-order chi connectivity index (χ0) is 22.8. The minimum atomic E-state index is -1.25. The number of piperidine rings is 1. The van der Waals surface area contributed by atoms with E-state index in [1.165, 1.54) is 18.4 Å². The van der Waals surface area contributed by atoms with Gasteiger partial charge in [0.05, 0.1) is 11.0 Å². The van der Waals surface area contributed by atoms with E-state index in [1.54, 1.807) is 6.07 Å². The maximum atomic E-state index is 12.5. The quantitative estimate of drug-likeness (QED) is 0.605. The number of phenols is 1. The van der Waals surface area contributed by atoms with Gasteiger partial charge in [0.1, 0.15) is 11.7 Å². The molecule has 9 rings (SSSR count). The van der Waals surface area contributed by atoms with Gasteiger partial charge in [-0.2, -0.15) is 0 Å². The highest BCUT2D eigenvalue weighted by Crippen LogP contribution is 2.84. The molecule has 1 aromatic rings. The normalized spacial score (nSPS) is 50.5. The van der Waals surface area contributed by atoms with Gasteiger partial charge in [-0.25, -0.2) is 0 Å². The summed E-state index contributed by atoms with van der Waals surface area (Å²) in [5, 5.41) is 35.4. The van der Waals surface area contributed by atoms with Gasteiger partial charge in [-0.3, -0.25) is 4.90 Å². The summed E-state index contributed by atoms with van der Waals surface area (Å²) in [5.74, 6) is 1.60. The topological polar surface area (TPSA) is 73.2 Å². The molecule has 5 heteroatoms. The van der Waals surface area contributed by atoms with E-state index in [4.69, 9.17) is 4.74 Å². The average Bonchev–Trinajstić information content (AvgIpc) is 3.63. The van der Waals surface area contributed by atoms with E-state index in [-0.39, 0.29) is 22.0 Å². The molecular formula is C28H35NO4. The molecule has 2 heterocycles. The smallest absolute Gasteiger partial charge is 0.165 e. The molecule has 0 amide bonds. The first-order valence-corrected chi connectivity index (χ1v) is 12.9. The monoisotopic (exact) mass is 449 g/mol. The van der Waals surface area contributed by atoms with E-state index in [9.17, 15) is 15.3 Å². The molecule has 5 nitrogen and oxygen atoms in total. The lowest BCUT2D eigenvalue weighted by Gasteiger charge is -2.71. The van der Waals surface area contributed by atoms with E-state index < -0.39 is 22.7 Å². The van der Waals surface area contributed by atoms with E-state index in [0.717, 1.165) is 43.8 Å². The number of ether oxygens (including phenoxy) is 1. The molecular weight excluding hydrogens is 414 g/mol. The van der Waals surface area contributed by atoms with E-state index >= 15 is 0 Å². The maximum absolute atomic E-state index is 12.5. The molecule has 1 aromatic carbocycles. The number of hydrogen-bond donors (Lipinski definition) is 3. The van der Waals surface area contributed by atoms with Crippen molar-refractivity contribution in [1.29, 1.82) is 0 Å². The first-order chi connectivity index (χ1) is 15.5. The number of benzene rings is 1. The second-order valence-corrected chi connectivity index (χ2v) is 13.6. The van der Waals surface area contributed by atoms with Crippen molar-refractivity contribution in [1.82, 2.24) is 4.90 Å². The lowest BCUT2D eigenvalue weighted by atomic mass is 9.35. The third-order valence-electron chi connectivity index (χ3n) is 11.5. The van der Waals surface area contributed by atoms with E-state index in [2.05, 4.69) is 37.8 Å². The number of nitrogens with zero attached hydrogens (tertiary/aromatic N) is 1. The van der Waals surface area contributed by atoms with Crippen molar-refractivity contribution in [3.05, 3.63) is 35.4 Å². The molecule has 3 saturated carbocycles. The number of hydrogen-bond acceptors (Lipinski definition) is 5. The van der Waals surface area contributed by atoms with Gasteiger partial charge in [-0.1, -0.05) is 39.0 Å². The number of aliphatic hydroxyl groups is 2. The fourth-order valence-corrected chi connectivity index (χ4v) is 9.71. The van der Waals surface area contributed by atoms with E-state index in [1.807, 2.05) is 6.08 Å². The fourth-order valence-electron chi connectivity index (χ4n) is 9.71. The molecule has 0 radical (unpaired) electrons. The van der Waals surface area contributed by atoms with Gasteiger partial charge in [0, 0.05) is 29.0 Å². The van der Waals surface area contributed by atoms with Gasteiger partial charge < -0.3 is 20.1 Å². The van der Waals surface area contributed by atoms with Crippen molar-refractivity contribution in [2.75, 3.05) is 13.1 Å². The van der Waals surface area contributed by atoms with Crippen molar-refractivity contribution in [3.8, 4) is 11.5 Å². The van der Waals surface area contributed by atoms with Gasteiger partial charge in [-0.15, -0.1) is 0 Å². The molecule has 3 N–H and O–H groups in total. The Morgan fingerprint density at radius 2 is 1.91 bits per heavy atom. The highest BCUT2D eigenvalue weighted by atomic mass is 16.5. The summed E-state index contributed by atoms with van der Waals surface area (Å²) in [7, 11) is 0. The number of rotatable bonds is 2. The van der Waals surface area contributed by atoms with Crippen molar-refractivity contribution in [3.63, 3.8) is 0 Å². The summed E-state index contributed by atoms with van der Waals surface area (Å²) in [6.07, 6.45) is 9.84. The fraction of sp³-hybridized carbons (Fsp3) is 0.714. The van der Waals surface area contributed by atoms with Crippen LogP contribution >= 0.6 is 0 Å². The highest BCUT2D eigenvalue weighted by Gasteiger charge is 2.91. The first-order valence-electron chi connectivity index (χ1n) is 12.9. The van der Waals surface area contributed by atoms with Gasteiger partial charge in [-0.05, 0) is 68.0 Å². The van der Waals surface area contributed by atoms with E-state index in [0.29, 0.717) is 18.2 Å². The molecule has 1 saturated heterocycles. The Morgan fingerprint density at radius 1 is 1.12 bits per heavy atom. The maximum Gasteiger partial charge on any atom is 0.165 e. The molecule has 0 aromatic heterocycles. The van der Waals surface area contributed by atoms with Crippen LogP contribution in [0.2, 0.25) is 0 Å². The standard InChI is InChI=1S/C28H35NO4/c1-23(2,3)28(32)15-25(28)14-24-8-9-27(25,31)22-26(24)10-11-29(13-16-4-5-16)19(24)12-17-6-7-18(30)21(33-22)20(17)26/h6-9,16,19,22,30-32H,4-5,10-15H2,1-3H3/t19-,22-,24-,25-,26+,27+,28-/m1/s1. The second-order valence-electron chi connectivity index (χ2n) is 13.6. The molecule has 176 valence electrons. The predicted octanol–water partition coefficient (Wildman–Crippen LogP) is 3.29. The summed E-state index contributed by atoms with van der Waals surface area (Å²) in [6.45, 7) is 8.46. The van der Waals surface area contributed by atoms with Crippen LogP contribution in [0.4, 0.5) is 0 Å². The van der Waals surface area contributed by atoms with Crippen LogP contribution in [0.1, 0.15) is 64.0 Å². The van der Waals surface area contributed by atoms with Crippen LogP contribution in [-0.2, 0) is 11.8 Å². The molecule has 2 aliphatic heterocycles. The van der Waals surface area contributed by atoms with Gasteiger partial charge in [0.2, 0.25) is 0 Å². The molecule has 3 spiro atoms. The van der Waals surface area contributed by atoms with Crippen LogP contribution in [0.15, 0.2) is 24.3 Å². The molecule has 4 bridgehead atoms. The van der Waals surface area contributed by atoms with Gasteiger partial charge in [0.25, 0.3) is 0 Å². The molecule has 6 aliphatic carbocycles. The largest absolute Gasteiger partial charge is 0.504 e. The van der Waals surface area contributed by atoms with Crippen LogP contribution in [0.25, 0.3) is 0 Å².